The highest BCUT2D eigenvalue weighted by Gasteiger charge is 2.30. The van der Waals surface area contributed by atoms with E-state index in [1.165, 1.54) is 13.8 Å². The number of hydrogen-bond acceptors (Lipinski definition) is 4. The van der Waals surface area contributed by atoms with Crippen molar-refractivity contribution in [1.29, 1.82) is 0 Å². The first kappa shape index (κ1) is 16.8. The van der Waals surface area contributed by atoms with Gasteiger partial charge in [-0.15, -0.1) is 0 Å². The molecular formula is C16H15F2NO4. The molecule has 0 aliphatic rings. The third-order valence-corrected chi connectivity index (χ3v) is 3.00. The molecule has 7 heteroatoms. The average molecular weight is 323 g/mol. The molecular weight excluding hydrogens is 308 g/mol. The smallest absolute Gasteiger partial charge is 0.349 e. The van der Waals surface area contributed by atoms with Gasteiger partial charge in [0.05, 0.1) is 11.5 Å². The molecule has 23 heavy (non-hydrogen) atoms. The van der Waals surface area contributed by atoms with Crippen LogP contribution >= 0.6 is 0 Å². The lowest BCUT2D eigenvalue weighted by molar-refractivity contribution is -0.389. The Morgan fingerprint density at radius 3 is 2.39 bits per heavy atom. The van der Waals surface area contributed by atoms with E-state index in [1.54, 1.807) is 0 Å². The Labute approximate surface area is 131 Å². The van der Waals surface area contributed by atoms with Gasteiger partial charge in [0.15, 0.2) is 5.82 Å². The van der Waals surface area contributed by atoms with Crippen molar-refractivity contribution in [2.45, 2.75) is 26.2 Å². The van der Waals surface area contributed by atoms with Crippen LogP contribution in [0.5, 0.6) is 5.75 Å². The second-order valence-electron chi connectivity index (χ2n) is 5.24. The lowest BCUT2D eigenvalue weighted by Crippen LogP contribution is -2.32. The molecule has 2 rings (SSSR count). The van der Waals surface area contributed by atoms with Crippen molar-refractivity contribution in [1.82, 2.24) is 0 Å². The molecule has 0 atom stereocenters. The van der Waals surface area contributed by atoms with Gasteiger partial charge in [-0.1, -0.05) is 30.3 Å². The largest absolute Gasteiger partial charge is 0.456 e. The average Bonchev–Trinajstić information content (AvgIpc) is 2.50. The molecule has 5 nitrogen and oxygen atoms in total. The van der Waals surface area contributed by atoms with Gasteiger partial charge in [0.2, 0.25) is 17.4 Å². The quantitative estimate of drug-likeness (QED) is 0.454. The maximum absolute atomic E-state index is 13.6. The highest BCUT2D eigenvalue weighted by molar-refractivity contribution is 5.48. The number of nitro benzene ring substituents is 1. The van der Waals surface area contributed by atoms with Crippen molar-refractivity contribution in [3.63, 3.8) is 0 Å². The standard InChI is InChI=1S/C16H15F2NO4/c1-16(2,22-10-11-6-4-3-5-7-11)23-13-9-8-12(17)14(18)15(13)19(20)21/h3-9H,10H2,1-2H3. The number of ether oxygens (including phenoxy) is 2. The third kappa shape index (κ3) is 4.23. The molecule has 2 aromatic carbocycles. The van der Waals surface area contributed by atoms with Crippen molar-refractivity contribution in [3.8, 4) is 5.75 Å². The maximum Gasteiger partial charge on any atom is 0.349 e. The van der Waals surface area contributed by atoms with E-state index in [0.29, 0.717) is 0 Å². The Balaban J connectivity index is 2.17. The van der Waals surface area contributed by atoms with Crippen LogP contribution < -0.4 is 4.74 Å². The minimum atomic E-state index is -1.56. The monoisotopic (exact) mass is 323 g/mol. The summed E-state index contributed by atoms with van der Waals surface area (Å²) in [7, 11) is 0. The van der Waals surface area contributed by atoms with Gasteiger partial charge in [0.25, 0.3) is 0 Å². The van der Waals surface area contributed by atoms with E-state index in [4.69, 9.17) is 9.47 Å². The first-order valence-electron chi connectivity index (χ1n) is 6.79. The Morgan fingerprint density at radius 1 is 1.13 bits per heavy atom. The van der Waals surface area contributed by atoms with Crippen LogP contribution in [0, 0.1) is 21.7 Å². The third-order valence-electron chi connectivity index (χ3n) is 3.00. The molecule has 0 unspecified atom stereocenters. The number of rotatable bonds is 6. The zero-order chi connectivity index (χ0) is 17.0. The number of hydrogen-bond donors (Lipinski definition) is 0. The normalized spacial score (nSPS) is 11.3. The van der Waals surface area contributed by atoms with Gasteiger partial charge in [-0.2, -0.15) is 4.39 Å². The van der Waals surface area contributed by atoms with Crippen LogP contribution in [-0.2, 0) is 11.3 Å². The van der Waals surface area contributed by atoms with Gasteiger partial charge in [0, 0.05) is 13.8 Å². The molecule has 122 valence electrons. The van der Waals surface area contributed by atoms with Crippen molar-refractivity contribution in [2.24, 2.45) is 0 Å². The van der Waals surface area contributed by atoms with Crippen LogP contribution in [0.4, 0.5) is 14.5 Å². The summed E-state index contributed by atoms with van der Waals surface area (Å²) in [6.07, 6.45) is 0. The molecule has 0 radical (unpaired) electrons. The van der Waals surface area contributed by atoms with E-state index in [9.17, 15) is 18.9 Å². The predicted octanol–water partition coefficient (Wildman–Crippen LogP) is 4.20. The van der Waals surface area contributed by atoms with Crippen LogP contribution in [0.2, 0.25) is 0 Å². The fraction of sp³-hybridized carbons (Fsp3) is 0.250. The summed E-state index contributed by atoms with van der Waals surface area (Å²) in [5.74, 6) is -4.55. The zero-order valence-corrected chi connectivity index (χ0v) is 12.6. The van der Waals surface area contributed by atoms with Crippen LogP contribution in [0.3, 0.4) is 0 Å². The van der Waals surface area contributed by atoms with Crippen molar-refractivity contribution in [2.75, 3.05) is 0 Å². The first-order valence-corrected chi connectivity index (χ1v) is 6.79. The number of benzene rings is 2. The molecule has 0 heterocycles. The second kappa shape index (κ2) is 6.70. The molecule has 0 fully saturated rings. The van der Waals surface area contributed by atoms with Crippen LogP contribution in [-0.4, -0.2) is 10.7 Å². The second-order valence-corrected chi connectivity index (χ2v) is 5.24. The molecule has 0 spiro atoms. The molecule has 0 aromatic heterocycles. The molecule has 0 saturated carbocycles. The van der Waals surface area contributed by atoms with E-state index >= 15 is 0 Å². The molecule has 0 amide bonds. The van der Waals surface area contributed by atoms with Gasteiger partial charge in [-0.25, -0.2) is 4.39 Å². The number of nitro groups is 1. The van der Waals surface area contributed by atoms with Crippen molar-refractivity contribution < 1.29 is 23.2 Å². The van der Waals surface area contributed by atoms with Crippen LogP contribution in [0.1, 0.15) is 19.4 Å². The molecule has 0 aliphatic carbocycles. The van der Waals surface area contributed by atoms with Gasteiger partial charge < -0.3 is 9.47 Å². The fourth-order valence-electron chi connectivity index (χ4n) is 1.90. The van der Waals surface area contributed by atoms with E-state index in [-0.39, 0.29) is 6.61 Å². The Kier molecular flexibility index (Phi) is 4.90. The SMILES string of the molecule is CC(C)(OCc1ccccc1)Oc1ccc(F)c(F)c1[N+](=O)[O-]. The summed E-state index contributed by atoms with van der Waals surface area (Å²) < 4.78 is 37.7. The van der Waals surface area contributed by atoms with Crippen LogP contribution in [0.25, 0.3) is 0 Å². The minimum absolute atomic E-state index is 0.200. The summed E-state index contributed by atoms with van der Waals surface area (Å²) in [5.41, 5.74) is -0.176. The predicted molar refractivity (Wildman–Crippen MR) is 79.0 cm³/mol. The highest BCUT2D eigenvalue weighted by Crippen LogP contribution is 2.34. The molecule has 2 aromatic rings. The topological polar surface area (TPSA) is 61.6 Å². The fourth-order valence-corrected chi connectivity index (χ4v) is 1.90. The number of halogens is 2. The van der Waals surface area contributed by atoms with E-state index in [2.05, 4.69) is 0 Å². The van der Waals surface area contributed by atoms with E-state index < -0.39 is 33.8 Å². The Hall–Kier alpha value is -2.54. The minimum Gasteiger partial charge on any atom is -0.456 e. The van der Waals surface area contributed by atoms with E-state index in [0.717, 1.165) is 17.7 Å². The molecule has 0 aliphatic heterocycles. The summed E-state index contributed by atoms with van der Waals surface area (Å²) >= 11 is 0. The summed E-state index contributed by atoms with van der Waals surface area (Å²) in [5, 5.41) is 10.9. The molecule has 0 N–H and O–H groups in total. The molecule has 0 bridgehead atoms. The van der Waals surface area contributed by atoms with Crippen molar-refractivity contribution >= 4 is 5.69 Å². The van der Waals surface area contributed by atoms with Gasteiger partial charge in [-0.3, -0.25) is 10.1 Å². The summed E-state index contributed by atoms with van der Waals surface area (Å²) in [4.78, 5) is 9.91. The van der Waals surface area contributed by atoms with Crippen LogP contribution in [0.15, 0.2) is 42.5 Å². The first-order chi connectivity index (χ1) is 10.8. The summed E-state index contributed by atoms with van der Waals surface area (Å²) in [6.45, 7) is 3.26. The number of nitrogens with zero attached hydrogens (tertiary/aromatic N) is 1. The zero-order valence-electron chi connectivity index (χ0n) is 12.6. The lowest BCUT2D eigenvalue weighted by Gasteiger charge is -2.26. The van der Waals surface area contributed by atoms with Gasteiger partial charge in [-0.05, 0) is 17.7 Å². The molecule has 0 saturated heterocycles. The summed E-state index contributed by atoms with van der Waals surface area (Å²) in [6, 6.07) is 11.0. The van der Waals surface area contributed by atoms with Crippen molar-refractivity contribution in [3.05, 3.63) is 69.8 Å². The highest BCUT2D eigenvalue weighted by atomic mass is 19.2. The van der Waals surface area contributed by atoms with Gasteiger partial charge >= 0.3 is 5.69 Å². The van der Waals surface area contributed by atoms with E-state index in [1.807, 2.05) is 30.3 Å². The Morgan fingerprint density at radius 2 is 1.78 bits per heavy atom. The Bertz CT molecular complexity index is 705. The lowest BCUT2D eigenvalue weighted by atomic mass is 10.2. The van der Waals surface area contributed by atoms with Gasteiger partial charge in [0.1, 0.15) is 0 Å². The maximum atomic E-state index is 13.6.